The first-order chi connectivity index (χ1) is 10.3. The lowest BCUT2D eigenvalue weighted by atomic mass is 10.1. The fourth-order valence-corrected chi connectivity index (χ4v) is 3.72. The number of hydrogen-bond donors (Lipinski definition) is 1. The van der Waals surface area contributed by atoms with E-state index in [0.717, 1.165) is 5.56 Å². The summed E-state index contributed by atoms with van der Waals surface area (Å²) in [7, 11) is -1.69. The van der Waals surface area contributed by atoms with Crippen LogP contribution in [0.4, 0.5) is 0 Å². The molecule has 0 saturated carbocycles. The van der Waals surface area contributed by atoms with E-state index in [9.17, 15) is 18.0 Å². The van der Waals surface area contributed by atoms with Gasteiger partial charge in [0, 0.05) is 20.1 Å². The van der Waals surface area contributed by atoms with E-state index in [0.29, 0.717) is 19.5 Å². The van der Waals surface area contributed by atoms with Gasteiger partial charge in [-0.25, -0.2) is 13.2 Å². The number of carbonyl (C=O) groups is 2. The topological polar surface area (TPSA) is 95.0 Å². The second kappa shape index (κ2) is 6.45. The molecule has 1 aromatic rings. The summed E-state index contributed by atoms with van der Waals surface area (Å²) in [5, 5.41) is 8.83. The predicted molar refractivity (Wildman–Crippen MR) is 79.9 cm³/mol. The van der Waals surface area contributed by atoms with Crippen molar-refractivity contribution in [3.8, 4) is 0 Å². The molecule has 1 fully saturated rings. The molecule has 2 rings (SSSR count). The molecule has 1 aliphatic heterocycles. The molecule has 22 heavy (non-hydrogen) atoms. The van der Waals surface area contributed by atoms with Crippen molar-refractivity contribution in [1.82, 2.24) is 9.21 Å². The number of carbonyl (C=O) groups excluding carboxylic acids is 1. The zero-order chi connectivity index (χ0) is 16.3. The Morgan fingerprint density at radius 2 is 1.91 bits per heavy atom. The molecule has 0 aliphatic carbocycles. The Morgan fingerprint density at radius 3 is 2.41 bits per heavy atom. The number of carboxylic acid groups (broad SMARTS) is 1. The Hall–Kier alpha value is -1.93. The molecule has 0 unspecified atom stereocenters. The molecule has 1 saturated heterocycles. The second-order valence-electron chi connectivity index (χ2n) is 5.25. The van der Waals surface area contributed by atoms with Gasteiger partial charge in [-0.3, -0.25) is 4.79 Å². The zero-order valence-electron chi connectivity index (χ0n) is 12.2. The Bertz CT molecular complexity index is 669. The van der Waals surface area contributed by atoms with Crippen LogP contribution in [-0.2, 0) is 21.4 Å². The largest absolute Gasteiger partial charge is 0.478 e. The Balaban J connectivity index is 1.95. The molecule has 0 radical (unpaired) electrons. The SMILES string of the molecule is CN(Cc1ccc(C(=O)O)cc1)C(=O)CN1CCCS1(=O)=O. The molecule has 0 aromatic heterocycles. The van der Waals surface area contributed by atoms with Crippen molar-refractivity contribution >= 4 is 21.9 Å². The number of likely N-dealkylation sites (N-methyl/N-ethyl adjacent to an activating group) is 1. The van der Waals surface area contributed by atoms with Crippen molar-refractivity contribution in [3.05, 3.63) is 35.4 Å². The fourth-order valence-electron chi connectivity index (χ4n) is 2.26. The third-order valence-corrected chi connectivity index (χ3v) is 5.46. The van der Waals surface area contributed by atoms with Gasteiger partial charge in [0.25, 0.3) is 0 Å². The summed E-state index contributed by atoms with van der Waals surface area (Å²) in [6.45, 7) is 0.536. The van der Waals surface area contributed by atoms with Crippen LogP contribution in [0.2, 0.25) is 0 Å². The highest BCUT2D eigenvalue weighted by atomic mass is 32.2. The lowest BCUT2D eigenvalue weighted by Crippen LogP contribution is -2.38. The maximum absolute atomic E-state index is 12.1. The Labute approximate surface area is 129 Å². The summed E-state index contributed by atoms with van der Waals surface area (Å²) in [6, 6.07) is 6.22. The average Bonchev–Trinajstić information content (AvgIpc) is 2.78. The van der Waals surface area contributed by atoms with Crippen LogP contribution in [0.5, 0.6) is 0 Å². The van der Waals surface area contributed by atoms with E-state index in [2.05, 4.69) is 0 Å². The molecule has 1 aromatic carbocycles. The van der Waals surface area contributed by atoms with E-state index in [-0.39, 0.29) is 23.8 Å². The van der Waals surface area contributed by atoms with Gasteiger partial charge in [-0.15, -0.1) is 0 Å². The molecule has 8 heteroatoms. The number of benzene rings is 1. The van der Waals surface area contributed by atoms with Gasteiger partial charge in [0.15, 0.2) is 0 Å². The standard InChI is InChI=1S/C14H18N2O5S/c1-15(9-11-3-5-12(6-4-11)14(18)19)13(17)10-16-7-2-8-22(16,20)21/h3-6H,2,7-10H2,1H3,(H,18,19). The zero-order valence-corrected chi connectivity index (χ0v) is 13.0. The molecule has 0 spiro atoms. The van der Waals surface area contributed by atoms with Crippen LogP contribution >= 0.6 is 0 Å². The third-order valence-electron chi connectivity index (χ3n) is 3.56. The van der Waals surface area contributed by atoms with Crippen molar-refractivity contribution < 1.29 is 23.1 Å². The molecule has 120 valence electrons. The number of aromatic carboxylic acids is 1. The molecule has 7 nitrogen and oxygen atoms in total. The van der Waals surface area contributed by atoms with Crippen LogP contribution in [0, 0.1) is 0 Å². The number of nitrogens with zero attached hydrogens (tertiary/aromatic N) is 2. The van der Waals surface area contributed by atoms with E-state index in [1.165, 1.54) is 21.3 Å². The number of sulfonamides is 1. The van der Waals surface area contributed by atoms with E-state index in [1.807, 2.05) is 0 Å². The quantitative estimate of drug-likeness (QED) is 0.844. The van der Waals surface area contributed by atoms with Crippen LogP contribution < -0.4 is 0 Å². The van der Waals surface area contributed by atoms with Crippen LogP contribution in [0.25, 0.3) is 0 Å². The van der Waals surface area contributed by atoms with Crippen LogP contribution in [0.3, 0.4) is 0 Å². The molecule has 1 amide bonds. The third kappa shape index (κ3) is 3.83. The molecule has 1 N–H and O–H groups in total. The highest BCUT2D eigenvalue weighted by Gasteiger charge is 2.30. The minimum absolute atomic E-state index is 0.0979. The van der Waals surface area contributed by atoms with Gasteiger partial charge in [-0.2, -0.15) is 4.31 Å². The highest BCUT2D eigenvalue weighted by molar-refractivity contribution is 7.89. The monoisotopic (exact) mass is 326 g/mol. The second-order valence-corrected chi connectivity index (χ2v) is 7.34. The highest BCUT2D eigenvalue weighted by Crippen LogP contribution is 2.14. The molecular formula is C14H18N2O5S. The number of carboxylic acids is 1. The van der Waals surface area contributed by atoms with Crippen molar-refractivity contribution in [2.24, 2.45) is 0 Å². The van der Waals surface area contributed by atoms with Gasteiger partial charge in [0.1, 0.15) is 0 Å². The minimum atomic E-state index is -3.28. The van der Waals surface area contributed by atoms with Crippen molar-refractivity contribution in [2.75, 3.05) is 25.9 Å². The summed E-state index contributed by atoms with van der Waals surface area (Å²) in [5.41, 5.74) is 0.964. The number of hydrogen-bond acceptors (Lipinski definition) is 4. The first kappa shape index (κ1) is 16.4. The lowest BCUT2D eigenvalue weighted by molar-refractivity contribution is -0.130. The first-order valence-electron chi connectivity index (χ1n) is 6.83. The maximum atomic E-state index is 12.1. The van der Waals surface area contributed by atoms with Gasteiger partial charge in [-0.1, -0.05) is 12.1 Å². The van der Waals surface area contributed by atoms with E-state index in [4.69, 9.17) is 5.11 Å². The first-order valence-corrected chi connectivity index (χ1v) is 8.44. The van der Waals surface area contributed by atoms with E-state index >= 15 is 0 Å². The van der Waals surface area contributed by atoms with Crippen LogP contribution in [-0.4, -0.2) is 60.5 Å². The van der Waals surface area contributed by atoms with Crippen molar-refractivity contribution in [2.45, 2.75) is 13.0 Å². The maximum Gasteiger partial charge on any atom is 0.335 e. The van der Waals surface area contributed by atoms with E-state index in [1.54, 1.807) is 19.2 Å². The average molecular weight is 326 g/mol. The summed E-state index contributed by atoms with van der Waals surface area (Å²) in [6.07, 6.45) is 0.552. The van der Waals surface area contributed by atoms with Crippen molar-refractivity contribution in [3.63, 3.8) is 0 Å². The summed E-state index contributed by atoms with van der Waals surface area (Å²) in [4.78, 5) is 24.3. The van der Waals surface area contributed by atoms with E-state index < -0.39 is 16.0 Å². The summed E-state index contributed by atoms with van der Waals surface area (Å²) >= 11 is 0. The molecule has 1 aliphatic rings. The molecule has 1 heterocycles. The van der Waals surface area contributed by atoms with Gasteiger partial charge < -0.3 is 10.0 Å². The Kier molecular flexibility index (Phi) is 4.82. The fraction of sp³-hybridized carbons (Fsp3) is 0.429. The van der Waals surface area contributed by atoms with Gasteiger partial charge in [0.05, 0.1) is 17.9 Å². The van der Waals surface area contributed by atoms with Crippen molar-refractivity contribution in [1.29, 1.82) is 0 Å². The van der Waals surface area contributed by atoms with Crippen LogP contribution in [0.1, 0.15) is 22.3 Å². The summed E-state index contributed by atoms with van der Waals surface area (Å²) < 4.78 is 24.6. The number of rotatable bonds is 5. The van der Waals surface area contributed by atoms with Gasteiger partial charge in [-0.05, 0) is 24.1 Å². The van der Waals surface area contributed by atoms with Crippen LogP contribution in [0.15, 0.2) is 24.3 Å². The summed E-state index contributed by atoms with van der Waals surface area (Å²) in [5.74, 6) is -1.19. The molecule has 0 bridgehead atoms. The van der Waals surface area contributed by atoms with Gasteiger partial charge >= 0.3 is 5.97 Å². The lowest BCUT2D eigenvalue weighted by Gasteiger charge is -2.21. The molecular weight excluding hydrogens is 308 g/mol. The smallest absolute Gasteiger partial charge is 0.335 e. The molecule has 0 atom stereocenters. The minimum Gasteiger partial charge on any atom is -0.478 e. The predicted octanol–water partition coefficient (Wildman–Crippen LogP) is 0.379. The van der Waals surface area contributed by atoms with Gasteiger partial charge in [0.2, 0.25) is 15.9 Å². The Morgan fingerprint density at radius 1 is 1.27 bits per heavy atom. The normalized spacial score (nSPS) is 17.3. The number of amides is 1.